The third-order valence-corrected chi connectivity index (χ3v) is 4.28. The van der Waals surface area contributed by atoms with E-state index in [9.17, 15) is 23.8 Å². The third-order valence-electron chi connectivity index (χ3n) is 3.32. The molecule has 1 unspecified atom stereocenters. The summed E-state index contributed by atoms with van der Waals surface area (Å²) >= 11 is 0. The van der Waals surface area contributed by atoms with Crippen molar-refractivity contribution in [1.29, 1.82) is 0 Å². The Morgan fingerprint density at radius 2 is 1.61 bits per heavy atom. The van der Waals surface area contributed by atoms with E-state index in [0.29, 0.717) is 12.8 Å². The first-order valence-electron chi connectivity index (χ1n) is 9.06. The maximum absolute atomic E-state index is 11.8. The Morgan fingerprint density at radius 1 is 0.964 bits per heavy atom. The lowest BCUT2D eigenvalue weighted by atomic mass is 10.2. The zero-order valence-corrected chi connectivity index (χ0v) is 17.1. The Hall–Kier alpha value is -1.52. The van der Waals surface area contributed by atoms with Crippen LogP contribution in [-0.4, -0.2) is 59.9 Å². The largest absolute Gasteiger partial charge is 0.480 e. The lowest BCUT2D eigenvalue weighted by Crippen LogP contribution is -2.34. The quantitative estimate of drug-likeness (QED) is 0.184. The fraction of sp³-hybridized carbons (Fsp3) is 0.812. The molecule has 12 heteroatoms. The molecule has 28 heavy (non-hydrogen) atoms. The van der Waals surface area contributed by atoms with E-state index >= 15 is 0 Å². The van der Waals surface area contributed by atoms with Gasteiger partial charge >= 0.3 is 25.7 Å². The van der Waals surface area contributed by atoms with E-state index in [-0.39, 0.29) is 19.4 Å². The summed E-state index contributed by atoms with van der Waals surface area (Å²) < 4.78 is 31.1. The molecule has 0 aromatic heterocycles. The van der Waals surface area contributed by atoms with Crippen LogP contribution in [0.25, 0.3) is 0 Å². The van der Waals surface area contributed by atoms with Gasteiger partial charge in [0, 0.05) is 12.8 Å². The van der Waals surface area contributed by atoms with Crippen LogP contribution in [0.4, 0.5) is 0 Å². The minimum absolute atomic E-state index is 0.113. The van der Waals surface area contributed by atoms with E-state index in [2.05, 4.69) is 4.52 Å². The van der Waals surface area contributed by atoms with Crippen LogP contribution in [0.3, 0.4) is 0 Å². The van der Waals surface area contributed by atoms with Gasteiger partial charge in [0.05, 0.1) is 13.2 Å². The minimum atomic E-state index is -4.64. The third kappa shape index (κ3) is 13.6. The number of ether oxygens (including phenoxy) is 2. The lowest BCUT2D eigenvalue weighted by molar-refractivity contribution is -0.161. The van der Waals surface area contributed by atoms with E-state index in [1.165, 1.54) is 0 Å². The van der Waals surface area contributed by atoms with Crippen LogP contribution in [0.1, 0.15) is 52.4 Å². The molecule has 11 nitrogen and oxygen atoms in total. The molecular weight excluding hydrogens is 397 g/mol. The first-order valence-corrected chi connectivity index (χ1v) is 10.6. The predicted molar refractivity (Wildman–Crippen MR) is 97.2 cm³/mol. The molecule has 3 atom stereocenters. The summed E-state index contributed by atoms with van der Waals surface area (Å²) in [5.74, 6) is -2.48. The summed E-state index contributed by atoms with van der Waals surface area (Å²) in [5.41, 5.74) is 5.17. The fourth-order valence-electron chi connectivity index (χ4n) is 1.80. The van der Waals surface area contributed by atoms with Crippen LogP contribution >= 0.6 is 7.82 Å². The molecule has 0 saturated carbocycles. The average Bonchev–Trinajstić information content (AvgIpc) is 2.62. The van der Waals surface area contributed by atoms with E-state index in [1.54, 1.807) is 6.92 Å². The highest BCUT2D eigenvalue weighted by Gasteiger charge is 2.27. The van der Waals surface area contributed by atoms with Gasteiger partial charge < -0.3 is 25.2 Å². The minimum Gasteiger partial charge on any atom is -0.480 e. The van der Waals surface area contributed by atoms with E-state index < -0.39 is 51.1 Å². The number of carbonyl (C=O) groups excluding carboxylic acids is 2. The summed E-state index contributed by atoms with van der Waals surface area (Å²) in [4.78, 5) is 43.5. The number of hydrogen-bond donors (Lipinski definition) is 3. The number of esters is 2. The zero-order valence-electron chi connectivity index (χ0n) is 16.2. The van der Waals surface area contributed by atoms with Crippen LogP contribution in [0.15, 0.2) is 0 Å². The molecule has 0 aliphatic heterocycles. The molecule has 0 bridgehead atoms. The molecule has 0 rings (SSSR count). The lowest BCUT2D eigenvalue weighted by Gasteiger charge is -2.20. The van der Waals surface area contributed by atoms with Crippen molar-refractivity contribution in [1.82, 2.24) is 0 Å². The Kier molecular flexibility index (Phi) is 13.7. The van der Waals surface area contributed by atoms with E-state index in [1.807, 2.05) is 6.92 Å². The maximum Gasteiger partial charge on any atom is 0.472 e. The van der Waals surface area contributed by atoms with Crippen molar-refractivity contribution in [2.45, 2.75) is 64.5 Å². The second-order valence-electron chi connectivity index (χ2n) is 6.01. The summed E-state index contributed by atoms with van der Waals surface area (Å²) in [6, 6.07) is -1.51. The molecule has 0 radical (unpaired) electrons. The first kappa shape index (κ1) is 26.5. The highest BCUT2D eigenvalue weighted by molar-refractivity contribution is 7.47. The van der Waals surface area contributed by atoms with Gasteiger partial charge in [-0.05, 0) is 12.8 Å². The maximum atomic E-state index is 11.8. The Balaban J connectivity index is 4.61. The number of aliphatic carboxylic acids is 1. The van der Waals surface area contributed by atoms with Crippen LogP contribution in [0, 0.1) is 0 Å². The molecular formula is C16H30NO10P. The molecule has 4 N–H and O–H groups in total. The molecule has 0 heterocycles. The van der Waals surface area contributed by atoms with Crippen molar-refractivity contribution in [2.24, 2.45) is 5.73 Å². The number of phosphoric ester groups is 1. The van der Waals surface area contributed by atoms with Gasteiger partial charge in [0.15, 0.2) is 6.10 Å². The normalized spacial score (nSPS) is 15.3. The van der Waals surface area contributed by atoms with Gasteiger partial charge in [0.25, 0.3) is 0 Å². The smallest absolute Gasteiger partial charge is 0.472 e. The second kappa shape index (κ2) is 14.5. The monoisotopic (exact) mass is 427 g/mol. The van der Waals surface area contributed by atoms with Gasteiger partial charge in [0.1, 0.15) is 12.6 Å². The fourth-order valence-corrected chi connectivity index (χ4v) is 2.58. The van der Waals surface area contributed by atoms with Crippen molar-refractivity contribution >= 4 is 25.7 Å². The second-order valence-corrected chi connectivity index (χ2v) is 7.46. The molecule has 164 valence electrons. The van der Waals surface area contributed by atoms with Gasteiger partial charge in [-0.15, -0.1) is 0 Å². The molecule has 0 amide bonds. The van der Waals surface area contributed by atoms with E-state index in [4.69, 9.17) is 24.8 Å². The highest BCUT2D eigenvalue weighted by atomic mass is 31.2. The number of carboxylic acids is 1. The van der Waals surface area contributed by atoms with Crippen molar-refractivity contribution in [3.05, 3.63) is 0 Å². The van der Waals surface area contributed by atoms with Crippen molar-refractivity contribution in [3.63, 3.8) is 0 Å². The van der Waals surface area contributed by atoms with Gasteiger partial charge in [-0.1, -0.05) is 26.7 Å². The molecule has 0 fully saturated rings. The van der Waals surface area contributed by atoms with Crippen molar-refractivity contribution < 1.29 is 47.5 Å². The molecule has 0 aliphatic rings. The van der Waals surface area contributed by atoms with Crippen LogP contribution in [0.2, 0.25) is 0 Å². The van der Waals surface area contributed by atoms with Crippen molar-refractivity contribution in [3.8, 4) is 0 Å². The Bertz CT molecular complexity index is 542. The number of hydrogen-bond acceptors (Lipinski definition) is 9. The summed E-state index contributed by atoms with van der Waals surface area (Å²) in [6.45, 7) is 2.06. The Morgan fingerprint density at radius 3 is 2.18 bits per heavy atom. The number of phosphoric acid groups is 1. The SMILES string of the molecule is CCCCCC(=O)OC[C@H](COP(=O)(O)OC[C@H](N)C(=O)O)OC(=O)CCC. The van der Waals surface area contributed by atoms with E-state index in [0.717, 1.165) is 12.8 Å². The number of carbonyl (C=O) groups is 3. The van der Waals surface area contributed by atoms with Gasteiger partial charge in [0.2, 0.25) is 0 Å². The molecule has 0 aliphatic carbocycles. The molecule has 0 saturated heterocycles. The number of carboxylic acid groups (broad SMARTS) is 1. The standard InChI is InChI=1S/C16H30NO10P/c1-3-5-6-8-14(18)24-9-12(27-15(19)7-4-2)10-25-28(22,23)26-11-13(17)16(20)21/h12-13H,3-11,17H2,1-2H3,(H,20,21)(H,22,23)/t12-,13+/m1/s1. The predicted octanol–water partition coefficient (Wildman–Crippen LogP) is 1.37. The van der Waals surface area contributed by atoms with Crippen LogP contribution in [0.5, 0.6) is 0 Å². The number of nitrogens with two attached hydrogens (primary N) is 1. The van der Waals surface area contributed by atoms with Gasteiger partial charge in [-0.3, -0.25) is 23.4 Å². The Labute approximate surface area is 164 Å². The highest BCUT2D eigenvalue weighted by Crippen LogP contribution is 2.43. The number of unbranched alkanes of at least 4 members (excludes halogenated alkanes) is 2. The summed E-state index contributed by atoms with van der Waals surface area (Å²) in [5, 5.41) is 8.62. The summed E-state index contributed by atoms with van der Waals surface area (Å²) in [6.07, 6.45) is 2.20. The average molecular weight is 427 g/mol. The molecule has 0 aromatic carbocycles. The molecule has 0 aromatic rings. The topological polar surface area (TPSA) is 172 Å². The van der Waals surface area contributed by atoms with Crippen LogP contribution in [-0.2, 0) is 37.5 Å². The van der Waals surface area contributed by atoms with Gasteiger partial charge in [-0.2, -0.15) is 0 Å². The van der Waals surface area contributed by atoms with Crippen molar-refractivity contribution in [2.75, 3.05) is 19.8 Å². The van der Waals surface area contributed by atoms with Gasteiger partial charge in [-0.25, -0.2) is 4.57 Å². The molecule has 0 spiro atoms. The number of rotatable bonds is 16. The zero-order chi connectivity index (χ0) is 21.6. The first-order chi connectivity index (χ1) is 13.1. The summed E-state index contributed by atoms with van der Waals surface area (Å²) in [7, 11) is -4.64. The van der Waals surface area contributed by atoms with Crippen LogP contribution < -0.4 is 5.73 Å².